The van der Waals surface area contributed by atoms with Crippen LogP contribution in [0.5, 0.6) is 0 Å². The van der Waals surface area contributed by atoms with Gasteiger partial charge in [-0.05, 0) is 44.9 Å². The summed E-state index contributed by atoms with van der Waals surface area (Å²) in [5.74, 6) is 1.04. The average Bonchev–Trinajstić information content (AvgIpc) is 2.19. The molecule has 1 aromatic rings. The molecule has 1 heterocycles. The molecule has 1 atom stereocenters. The van der Waals surface area contributed by atoms with E-state index in [2.05, 4.69) is 36.7 Å². The van der Waals surface area contributed by atoms with Crippen LogP contribution in [-0.2, 0) is 0 Å². The molecule has 2 N–H and O–H groups in total. The Morgan fingerprint density at radius 2 is 2.00 bits per heavy atom. The van der Waals surface area contributed by atoms with Gasteiger partial charge in [0.2, 0.25) is 0 Å². The predicted octanol–water partition coefficient (Wildman–Crippen LogP) is 2.26. The van der Waals surface area contributed by atoms with E-state index in [1.165, 1.54) is 5.56 Å². The monoisotopic (exact) mass is 207 g/mol. The lowest BCUT2D eigenvalue weighted by Crippen LogP contribution is -2.23. The number of nitrogens with zero attached hydrogens (tertiary/aromatic N) is 2. The minimum absolute atomic E-state index is 0.0586. The van der Waals surface area contributed by atoms with Gasteiger partial charge in [-0.1, -0.05) is 0 Å². The van der Waals surface area contributed by atoms with Crippen molar-refractivity contribution in [3.63, 3.8) is 0 Å². The molecule has 0 saturated carbocycles. The van der Waals surface area contributed by atoms with Crippen LogP contribution in [0.2, 0.25) is 0 Å². The van der Waals surface area contributed by atoms with Gasteiger partial charge >= 0.3 is 0 Å². The van der Waals surface area contributed by atoms with Gasteiger partial charge in [-0.25, -0.2) is 4.98 Å². The van der Waals surface area contributed by atoms with E-state index in [0.717, 1.165) is 24.5 Å². The third-order valence-electron chi connectivity index (χ3n) is 2.71. The molecule has 0 aromatic carbocycles. The third-order valence-corrected chi connectivity index (χ3v) is 2.71. The van der Waals surface area contributed by atoms with Crippen LogP contribution >= 0.6 is 0 Å². The van der Waals surface area contributed by atoms with E-state index in [0.29, 0.717) is 0 Å². The molecule has 1 rings (SSSR count). The fourth-order valence-corrected chi connectivity index (χ4v) is 1.75. The zero-order chi connectivity index (χ0) is 11.4. The van der Waals surface area contributed by atoms with Gasteiger partial charge in [0.15, 0.2) is 0 Å². The lowest BCUT2D eigenvalue weighted by molar-refractivity contribution is 0.793. The SMILES string of the molecule is CCN(CC)c1cc(C)c([C@@H](C)N)cn1. The van der Waals surface area contributed by atoms with Crippen LogP contribution in [0, 0.1) is 6.92 Å². The third kappa shape index (κ3) is 2.69. The molecule has 0 saturated heterocycles. The highest BCUT2D eigenvalue weighted by molar-refractivity contribution is 5.43. The number of aryl methyl sites for hydroxylation is 1. The van der Waals surface area contributed by atoms with Crippen molar-refractivity contribution in [2.75, 3.05) is 18.0 Å². The summed E-state index contributed by atoms with van der Waals surface area (Å²) >= 11 is 0. The lowest BCUT2D eigenvalue weighted by Gasteiger charge is -2.21. The molecule has 0 amide bonds. The Kier molecular flexibility index (Phi) is 4.09. The summed E-state index contributed by atoms with van der Waals surface area (Å²) < 4.78 is 0. The van der Waals surface area contributed by atoms with E-state index in [1.807, 2.05) is 13.1 Å². The fourth-order valence-electron chi connectivity index (χ4n) is 1.75. The number of anilines is 1. The maximum Gasteiger partial charge on any atom is 0.128 e. The summed E-state index contributed by atoms with van der Waals surface area (Å²) in [5, 5.41) is 0. The van der Waals surface area contributed by atoms with E-state index in [9.17, 15) is 0 Å². The Morgan fingerprint density at radius 1 is 1.40 bits per heavy atom. The second-order valence-corrected chi connectivity index (χ2v) is 3.86. The first-order valence-electron chi connectivity index (χ1n) is 5.57. The molecule has 0 aliphatic heterocycles. The number of hydrogen-bond acceptors (Lipinski definition) is 3. The number of rotatable bonds is 4. The van der Waals surface area contributed by atoms with Gasteiger partial charge in [0.25, 0.3) is 0 Å². The second kappa shape index (κ2) is 5.12. The van der Waals surface area contributed by atoms with Gasteiger partial charge in [-0.3, -0.25) is 0 Å². The molecule has 0 fully saturated rings. The zero-order valence-electron chi connectivity index (χ0n) is 10.1. The zero-order valence-corrected chi connectivity index (χ0v) is 10.1. The lowest BCUT2D eigenvalue weighted by atomic mass is 10.1. The molecule has 84 valence electrons. The second-order valence-electron chi connectivity index (χ2n) is 3.86. The molecule has 0 unspecified atom stereocenters. The average molecular weight is 207 g/mol. The minimum atomic E-state index is 0.0586. The van der Waals surface area contributed by atoms with Gasteiger partial charge in [0.1, 0.15) is 5.82 Å². The van der Waals surface area contributed by atoms with Gasteiger partial charge in [-0.2, -0.15) is 0 Å². The molecule has 0 bridgehead atoms. The van der Waals surface area contributed by atoms with Crippen molar-refractivity contribution in [1.82, 2.24) is 4.98 Å². The van der Waals surface area contributed by atoms with Crippen molar-refractivity contribution in [3.05, 3.63) is 23.4 Å². The minimum Gasteiger partial charge on any atom is -0.357 e. The molecule has 0 radical (unpaired) electrons. The number of nitrogens with two attached hydrogens (primary N) is 1. The van der Waals surface area contributed by atoms with Crippen molar-refractivity contribution in [2.24, 2.45) is 5.73 Å². The van der Waals surface area contributed by atoms with Crippen molar-refractivity contribution < 1.29 is 0 Å². The highest BCUT2D eigenvalue weighted by Crippen LogP contribution is 2.19. The van der Waals surface area contributed by atoms with E-state index in [-0.39, 0.29) is 6.04 Å². The summed E-state index contributed by atoms with van der Waals surface area (Å²) in [6, 6.07) is 2.18. The van der Waals surface area contributed by atoms with Crippen LogP contribution in [-0.4, -0.2) is 18.1 Å². The molecular formula is C12H21N3. The quantitative estimate of drug-likeness (QED) is 0.823. The highest BCUT2D eigenvalue weighted by Gasteiger charge is 2.08. The predicted molar refractivity (Wildman–Crippen MR) is 65.1 cm³/mol. The molecule has 3 heteroatoms. The maximum atomic E-state index is 5.85. The molecular weight excluding hydrogens is 186 g/mol. The molecule has 0 aliphatic carbocycles. The van der Waals surface area contributed by atoms with E-state index in [1.54, 1.807) is 0 Å². The standard InChI is InChI=1S/C12H21N3/c1-5-15(6-2)12-7-9(3)11(8-14-12)10(4)13/h7-8,10H,5-6,13H2,1-4H3/t10-/m1/s1. The first-order chi connectivity index (χ1) is 7.10. The van der Waals surface area contributed by atoms with Crippen LogP contribution in [0.1, 0.15) is 37.9 Å². The highest BCUT2D eigenvalue weighted by atomic mass is 15.2. The van der Waals surface area contributed by atoms with Crippen LogP contribution in [0.15, 0.2) is 12.3 Å². The summed E-state index contributed by atoms with van der Waals surface area (Å²) in [5.41, 5.74) is 8.21. The van der Waals surface area contributed by atoms with Gasteiger partial charge in [0, 0.05) is 25.3 Å². The topological polar surface area (TPSA) is 42.1 Å². The number of hydrogen-bond donors (Lipinski definition) is 1. The summed E-state index contributed by atoms with van der Waals surface area (Å²) in [6.45, 7) is 10.3. The Morgan fingerprint density at radius 3 is 2.40 bits per heavy atom. The van der Waals surface area contributed by atoms with Crippen LogP contribution in [0.4, 0.5) is 5.82 Å². The van der Waals surface area contributed by atoms with Crippen molar-refractivity contribution in [3.8, 4) is 0 Å². The Balaban J connectivity index is 3.00. The van der Waals surface area contributed by atoms with Crippen LogP contribution in [0.25, 0.3) is 0 Å². The van der Waals surface area contributed by atoms with Crippen molar-refractivity contribution in [2.45, 2.75) is 33.7 Å². The summed E-state index contributed by atoms with van der Waals surface area (Å²) in [4.78, 5) is 6.68. The van der Waals surface area contributed by atoms with Gasteiger partial charge in [-0.15, -0.1) is 0 Å². The Hall–Kier alpha value is -1.09. The smallest absolute Gasteiger partial charge is 0.128 e. The normalized spacial score (nSPS) is 12.6. The van der Waals surface area contributed by atoms with Crippen LogP contribution < -0.4 is 10.6 Å². The van der Waals surface area contributed by atoms with Crippen molar-refractivity contribution >= 4 is 5.82 Å². The number of pyridine rings is 1. The molecule has 1 aromatic heterocycles. The molecule has 0 spiro atoms. The molecule has 0 aliphatic rings. The summed E-state index contributed by atoms with van der Waals surface area (Å²) in [7, 11) is 0. The Bertz CT molecular complexity index is 317. The van der Waals surface area contributed by atoms with E-state index >= 15 is 0 Å². The molecule has 3 nitrogen and oxygen atoms in total. The first-order valence-corrected chi connectivity index (χ1v) is 5.57. The van der Waals surface area contributed by atoms with Crippen molar-refractivity contribution in [1.29, 1.82) is 0 Å². The fraction of sp³-hybridized carbons (Fsp3) is 0.583. The van der Waals surface area contributed by atoms with Crippen LogP contribution in [0.3, 0.4) is 0 Å². The van der Waals surface area contributed by atoms with E-state index in [4.69, 9.17) is 5.73 Å². The molecule has 15 heavy (non-hydrogen) atoms. The number of aromatic nitrogens is 1. The van der Waals surface area contributed by atoms with E-state index < -0.39 is 0 Å². The first kappa shape index (κ1) is 12.0. The summed E-state index contributed by atoms with van der Waals surface area (Å²) in [6.07, 6.45) is 1.90. The van der Waals surface area contributed by atoms with Gasteiger partial charge < -0.3 is 10.6 Å². The maximum absolute atomic E-state index is 5.85. The largest absolute Gasteiger partial charge is 0.357 e. The van der Waals surface area contributed by atoms with Gasteiger partial charge in [0.05, 0.1) is 0 Å². The Labute approximate surface area is 92.3 Å².